The van der Waals surface area contributed by atoms with Crippen molar-refractivity contribution in [2.24, 2.45) is 10.9 Å². The van der Waals surface area contributed by atoms with Gasteiger partial charge in [-0.2, -0.15) is 0 Å². The Bertz CT molecular complexity index is 699. The lowest BCUT2D eigenvalue weighted by Gasteiger charge is -2.10. The van der Waals surface area contributed by atoms with E-state index in [1.54, 1.807) is 30.3 Å². The highest BCUT2D eigenvalue weighted by atomic mass is 79.9. The third-order valence-electron chi connectivity index (χ3n) is 2.79. The van der Waals surface area contributed by atoms with Crippen molar-refractivity contribution >= 4 is 33.4 Å². The Labute approximate surface area is 129 Å². The molecule has 0 aliphatic heterocycles. The zero-order valence-electron chi connectivity index (χ0n) is 11.2. The molecule has 0 unspecified atom stereocenters. The van der Waals surface area contributed by atoms with Crippen LogP contribution in [0.5, 0.6) is 0 Å². The van der Waals surface area contributed by atoms with Crippen LogP contribution < -0.4 is 11.1 Å². The first-order valence-corrected chi connectivity index (χ1v) is 6.82. The van der Waals surface area contributed by atoms with Gasteiger partial charge >= 0.3 is 0 Å². The summed E-state index contributed by atoms with van der Waals surface area (Å²) in [6.07, 6.45) is 1.49. The van der Waals surface area contributed by atoms with Gasteiger partial charge in [0, 0.05) is 21.9 Å². The summed E-state index contributed by atoms with van der Waals surface area (Å²) < 4.78 is 0.749. The second-order valence-electron chi connectivity index (χ2n) is 4.32. The maximum atomic E-state index is 12.2. The predicted molar refractivity (Wildman–Crippen MR) is 83.6 cm³/mol. The number of amides is 1. The molecule has 1 amide bonds. The monoisotopic (exact) mass is 348 g/mol. The van der Waals surface area contributed by atoms with Crippen LogP contribution in [0.4, 0.5) is 5.69 Å². The van der Waals surface area contributed by atoms with E-state index in [-0.39, 0.29) is 11.7 Å². The number of anilines is 1. The van der Waals surface area contributed by atoms with Crippen molar-refractivity contribution in [1.29, 1.82) is 0 Å². The average molecular weight is 349 g/mol. The number of aryl methyl sites for hydroxylation is 1. The molecular formula is C14H13BrN4O2. The maximum Gasteiger partial charge on any atom is 0.257 e. The number of hydrogen-bond acceptors (Lipinski definition) is 4. The van der Waals surface area contributed by atoms with Gasteiger partial charge in [-0.25, -0.2) is 0 Å². The van der Waals surface area contributed by atoms with E-state index in [2.05, 4.69) is 31.4 Å². The SMILES string of the molecule is Cc1ccc(C(=O)Nc2ccc(Br)cc2/C(N)=N/O)cn1. The van der Waals surface area contributed by atoms with Crippen molar-refractivity contribution in [2.45, 2.75) is 6.92 Å². The summed E-state index contributed by atoms with van der Waals surface area (Å²) in [6.45, 7) is 1.84. The molecule has 1 heterocycles. The van der Waals surface area contributed by atoms with Crippen LogP contribution in [0.2, 0.25) is 0 Å². The third-order valence-corrected chi connectivity index (χ3v) is 3.28. The molecule has 21 heavy (non-hydrogen) atoms. The fourth-order valence-electron chi connectivity index (χ4n) is 1.69. The number of nitrogens with one attached hydrogen (secondary N) is 1. The topological polar surface area (TPSA) is 101 Å². The molecule has 0 saturated heterocycles. The van der Waals surface area contributed by atoms with Gasteiger partial charge in [0.25, 0.3) is 5.91 Å². The molecule has 1 aromatic carbocycles. The molecule has 0 aliphatic rings. The van der Waals surface area contributed by atoms with Crippen LogP contribution in [0.1, 0.15) is 21.6 Å². The molecule has 1 aromatic heterocycles. The van der Waals surface area contributed by atoms with E-state index in [9.17, 15) is 4.79 Å². The lowest BCUT2D eigenvalue weighted by Crippen LogP contribution is -2.19. The first kappa shape index (κ1) is 15.0. The van der Waals surface area contributed by atoms with Gasteiger partial charge in [-0.3, -0.25) is 9.78 Å². The quantitative estimate of drug-likeness (QED) is 0.343. The Balaban J connectivity index is 2.31. The zero-order valence-corrected chi connectivity index (χ0v) is 12.8. The number of pyridine rings is 1. The smallest absolute Gasteiger partial charge is 0.257 e. The van der Waals surface area contributed by atoms with Crippen molar-refractivity contribution in [3.63, 3.8) is 0 Å². The first-order chi connectivity index (χ1) is 10.0. The Hall–Kier alpha value is -2.41. The van der Waals surface area contributed by atoms with Gasteiger partial charge in [0.1, 0.15) is 0 Å². The van der Waals surface area contributed by atoms with Gasteiger partial charge < -0.3 is 16.3 Å². The Kier molecular flexibility index (Phi) is 4.54. The molecule has 0 fully saturated rings. The fourth-order valence-corrected chi connectivity index (χ4v) is 2.05. The number of nitrogens with two attached hydrogens (primary N) is 1. The molecule has 0 atom stereocenters. The number of carbonyl (C=O) groups excluding carboxylic acids is 1. The molecule has 0 radical (unpaired) electrons. The van der Waals surface area contributed by atoms with Gasteiger partial charge in [-0.05, 0) is 37.3 Å². The number of aromatic nitrogens is 1. The number of amidine groups is 1. The minimum atomic E-state index is -0.322. The molecule has 2 aromatic rings. The van der Waals surface area contributed by atoms with Gasteiger partial charge in [-0.15, -0.1) is 0 Å². The van der Waals surface area contributed by atoms with Crippen molar-refractivity contribution in [2.75, 3.05) is 5.32 Å². The Morgan fingerprint density at radius 1 is 1.38 bits per heavy atom. The first-order valence-electron chi connectivity index (χ1n) is 6.02. The lowest BCUT2D eigenvalue weighted by molar-refractivity contribution is 0.102. The molecule has 6 nitrogen and oxygen atoms in total. The second-order valence-corrected chi connectivity index (χ2v) is 5.23. The maximum absolute atomic E-state index is 12.2. The number of nitrogens with zero attached hydrogens (tertiary/aromatic N) is 2. The number of rotatable bonds is 3. The zero-order chi connectivity index (χ0) is 15.4. The van der Waals surface area contributed by atoms with E-state index >= 15 is 0 Å². The van der Waals surface area contributed by atoms with Crippen LogP contribution in [0.3, 0.4) is 0 Å². The summed E-state index contributed by atoms with van der Waals surface area (Å²) >= 11 is 3.30. The van der Waals surface area contributed by atoms with Crippen LogP contribution in [-0.2, 0) is 0 Å². The summed E-state index contributed by atoms with van der Waals surface area (Å²) in [6, 6.07) is 8.49. The number of carbonyl (C=O) groups is 1. The van der Waals surface area contributed by atoms with Crippen molar-refractivity contribution in [3.8, 4) is 0 Å². The number of hydrogen-bond donors (Lipinski definition) is 3. The molecule has 7 heteroatoms. The highest BCUT2D eigenvalue weighted by Gasteiger charge is 2.12. The molecular weight excluding hydrogens is 336 g/mol. The van der Waals surface area contributed by atoms with Crippen LogP contribution in [0.25, 0.3) is 0 Å². The molecule has 0 aliphatic carbocycles. The van der Waals surface area contributed by atoms with E-state index < -0.39 is 0 Å². The molecule has 0 spiro atoms. The normalized spacial score (nSPS) is 11.2. The standard InChI is InChI=1S/C14H13BrN4O2/c1-8-2-3-9(7-17-8)14(20)18-12-5-4-10(15)6-11(12)13(16)19-21/h2-7,21H,1H3,(H2,16,19)(H,18,20). The minimum absolute atomic E-state index is 0.0892. The minimum Gasteiger partial charge on any atom is -0.409 e. The number of oxime groups is 1. The van der Waals surface area contributed by atoms with Crippen molar-refractivity contribution in [3.05, 3.63) is 57.8 Å². The largest absolute Gasteiger partial charge is 0.409 e. The van der Waals surface area contributed by atoms with E-state index in [4.69, 9.17) is 10.9 Å². The van der Waals surface area contributed by atoms with Crippen LogP contribution in [-0.4, -0.2) is 21.9 Å². The Morgan fingerprint density at radius 3 is 2.76 bits per heavy atom. The number of halogens is 1. The molecule has 108 valence electrons. The highest BCUT2D eigenvalue weighted by Crippen LogP contribution is 2.21. The van der Waals surface area contributed by atoms with Crippen molar-refractivity contribution < 1.29 is 10.0 Å². The third kappa shape index (κ3) is 3.57. The van der Waals surface area contributed by atoms with Gasteiger partial charge in [0.05, 0.1) is 11.3 Å². The summed E-state index contributed by atoms with van der Waals surface area (Å²) in [5.41, 5.74) is 7.73. The number of benzene rings is 1. The molecule has 0 saturated carbocycles. The van der Waals surface area contributed by atoms with E-state index in [1.165, 1.54) is 6.20 Å². The highest BCUT2D eigenvalue weighted by molar-refractivity contribution is 9.10. The summed E-state index contributed by atoms with van der Waals surface area (Å²) in [5, 5.41) is 14.5. The second kappa shape index (κ2) is 6.36. The molecule has 4 N–H and O–H groups in total. The van der Waals surface area contributed by atoms with E-state index in [0.29, 0.717) is 16.8 Å². The Morgan fingerprint density at radius 2 is 2.14 bits per heavy atom. The fraction of sp³-hybridized carbons (Fsp3) is 0.0714. The van der Waals surface area contributed by atoms with Crippen LogP contribution >= 0.6 is 15.9 Å². The average Bonchev–Trinajstić information content (AvgIpc) is 2.48. The van der Waals surface area contributed by atoms with Crippen molar-refractivity contribution in [1.82, 2.24) is 4.98 Å². The van der Waals surface area contributed by atoms with E-state index in [0.717, 1.165) is 10.2 Å². The lowest BCUT2D eigenvalue weighted by atomic mass is 10.1. The summed E-state index contributed by atoms with van der Waals surface area (Å²) in [7, 11) is 0. The van der Waals surface area contributed by atoms with Gasteiger partial charge in [0.2, 0.25) is 0 Å². The summed E-state index contributed by atoms with van der Waals surface area (Å²) in [4.78, 5) is 16.2. The summed E-state index contributed by atoms with van der Waals surface area (Å²) in [5.74, 6) is -0.412. The van der Waals surface area contributed by atoms with Gasteiger partial charge in [0.15, 0.2) is 5.84 Å². The molecule has 2 rings (SSSR count). The predicted octanol–water partition coefficient (Wildman–Crippen LogP) is 2.50. The van der Waals surface area contributed by atoms with E-state index in [1.807, 2.05) is 6.92 Å². The van der Waals surface area contributed by atoms with Crippen LogP contribution in [0, 0.1) is 6.92 Å². The molecule has 0 bridgehead atoms. The van der Waals surface area contributed by atoms with Crippen LogP contribution in [0.15, 0.2) is 46.2 Å². The van der Waals surface area contributed by atoms with Gasteiger partial charge in [-0.1, -0.05) is 21.1 Å².